The molecular formula is C25H21NO4. The van der Waals surface area contributed by atoms with Crippen molar-refractivity contribution in [1.29, 1.82) is 0 Å². The van der Waals surface area contributed by atoms with Gasteiger partial charge in [-0.3, -0.25) is 9.59 Å². The number of rotatable bonds is 5. The van der Waals surface area contributed by atoms with Gasteiger partial charge < -0.3 is 15.1 Å². The number of likely N-dealkylation sites (tertiary alicyclic amines) is 1. The number of hydrogen-bond donors (Lipinski definition) is 2. The minimum absolute atomic E-state index is 0.0601. The van der Waals surface area contributed by atoms with E-state index in [0.717, 1.165) is 5.56 Å². The van der Waals surface area contributed by atoms with E-state index in [9.17, 15) is 19.8 Å². The smallest absolute Gasteiger partial charge is 0.295 e. The summed E-state index contributed by atoms with van der Waals surface area (Å²) in [5, 5.41) is 20.6. The summed E-state index contributed by atoms with van der Waals surface area (Å²) in [7, 11) is 0. The van der Waals surface area contributed by atoms with Gasteiger partial charge in [0.2, 0.25) is 0 Å². The molecule has 0 saturated carbocycles. The lowest BCUT2D eigenvalue weighted by atomic mass is 9.95. The van der Waals surface area contributed by atoms with E-state index in [1.165, 1.54) is 17.0 Å². The van der Waals surface area contributed by atoms with Crippen molar-refractivity contribution in [2.75, 3.05) is 6.54 Å². The highest BCUT2D eigenvalue weighted by Gasteiger charge is 2.45. The van der Waals surface area contributed by atoms with Gasteiger partial charge in [-0.1, -0.05) is 72.8 Å². The van der Waals surface area contributed by atoms with E-state index < -0.39 is 17.7 Å². The van der Waals surface area contributed by atoms with Gasteiger partial charge in [0.25, 0.3) is 11.7 Å². The molecule has 0 aromatic heterocycles. The maximum atomic E-state index is 12.9. The first kappa shape index (κ1) is 19.5. The Bertz CT molecular complexity index is 1090. The van der Waals surface area contributed by atoms with Crippen molar-refractivity contribution in [2.24, 2.45) is 0 Å². The zero-order valence-corrected chi connectivity index (χ0v) is 16.2. The number of nitrogens with zero attached hydrogens (tertiary/aromatic N) is 1. The van der Waals surface area contributed by atoms with Crippen LogP contribution in [0.2, 0.25) is 0 Å². The normalized spacial score (nSPS) is 18.0. The Hall–Kier alpha value is -3.86. The van der Waals surface area contributed by atoms with E-state index in [-0.39, 0.29) is 17.1 Å². The molecule has 2 N–H and O–H groups in total. The van der Waals surface area contributed by atoms with Crippen molar-refractivity contribution in [3.8, 4) is 5.75 Å². The van der Waals surface area contributed by atoms with E-state index in [0.29, 0.717) is 24.1 Å². The molecule has 1 aliphatic heterocycles. The van der Waals surface area contributed by atoms with Crippen LogP contribution in [0.4, 0.5) is 0 Å². The highest BCUT2D eigenvalue weighted by atomic mass is 16.3. The van der Waals surface area contributed by atoms with E-state index in [1.807, 2.05) is 36.4 Å². The summed E-state index contributed by atoms with van der Waals surface area (Å²) in [6.45, 7) is 0.325. The number of aliphatic hydroxyl groups is 1. The van der Waals surface area contributed by atoms with Crippen LogP contribution in [0.1, 0.15) is 22.7 Å². The zero-order chi connectivity index (χ0) is 21.1. The van der Waals surface area contributed by atoms with Crippen molar-refractivity contribution in [3.05, 3.63) is 107 Å². The third-order valence-corrected chi connectivity index (χ3v) is 5.28. The topological polar surface area (TPSA) is 77.8 Å². The molecule has 150 valence electrons. The Morgan fingerprint density at radius 3 is 2.07 bits per heavy atom. The summed E-state index contributed by atoms with van der Waals surface area (Å²) in [4.78, 5) is 27.3. The number of phenolic OH excluding ortho intramolecular Hbond substituents is 1. The molecule has 1 atom stereocenters. The number of carbonyl (C=O) groups excluding carboxylic acids is 2. The minimum Gasteiger partial charge on any atom is -0.508 e. The molecule has 5 nitrogen and oxygen atoms in total. The number of benzene rings is 3. The van der Waals surface area contributed by atoms with Crippen molar-refractivity contribution in [3.63, 3.8) is 0 Å². The van der Waals surface area contributed by atoms with Gasteiger partial charge >= 0.3 is 0 Å². The number of carbonyl (C=O) groups is 2. The lowest BCUT2D eigenvalue weighted by molar-refractivity contribution is -0.139. The van der Waals surface area contributed by atoms with Crippen LogP contribution >= 0.6 is 0 Å². The van der Waals surface area contributed by atoms with Crippen LogP contribution in [0.15, 0.2) is 90.5 Å². The molecule has 0 bridgehead atoms. The summed E-state index contributed by atoms with van der Waals surface area (Å²) in [5.74, 6) is -1.46. The third kappa shape index (κ3) is 3.70. The Labute approximate surface area is 174 Å². The number of amides is 1. The molecule has 0 spiro atoms. The van der Waals surface area contributed by atoms with Gasteiger partial charge in [0.1, 0.15) is 11.5 Å². The number of ketones is 1. The van der Waals surface area contributed by atoms with Crippen molar-refractivity contribution in [2.45, 2.75) is 12.5 Å². The summed E-state index contributed by atoms with van der Waals surface area (Å²) in [6.07, 6.45) is 0.577. The lowest BCUT2D eigenvalue weighted by Gasteiger charge is -2.25. The highest BCUT2D eigenvalue weighted by molar-refractivity contribution is 6.46. The van der Waals surface area contributed by atoms with Gasteiger partial charge in [-0.05, 0) is 29.7 Å². The zero-order valence-electron chi connectivity index (χ0n) is 16.2. The first-order chi connectivity index (χ1) is 14.6. The van der Waals surface area contributed by atoms with Crippen LogP contribution in [0.5, 0.6) is 5.75 Å². The number of hydrogen-bond acceptors (Lipinski definition) is 4. The molecule has 1 aliphatic rings. The Balaban J connectivity index is 1.78. The van der Waals surface area contributed by atoms with E-state index in [1.54, 1.807) is 36.4 Å². The van der Waals surface area contributed by atoms with Crippen molar-refractivity contribution in [1.82, 2.24) is 4.90 Å². The molecule has 0 radical (unpaired) electrons. The van der Waals surface area contributed by atoms with Crippen LogP contribution in [0.3, 0.4) is 0 Å². The average Bonchev–Trinajstić information content (AvgIpc) is 3.04. The second kappa shape index (κ2) is 8.25. The quantitative estimate of drug-likeness (QED) is 0.385. The van der Waals surface area contributed by atoms with Gasteiger partial charge in [0.15, 0.2) is 0 Å². The largest absolute Gasteiger partial charge is 0.508 e. The maximum Gasteiger partial charge on any atom is 0.295 e. The Morgan fingerprint density at radius 1 is 0.833 bits per heavy atom. The van der Waals surface area contributed by atoms with Crippen LogP contribution in [0.25, 0.3) is 5.76 Å². The fourth-order valence-electron chi connectivity index (χ4n) is 3.76. The number of phenols is 1. The van der Waals surface area contributed by atoms with Gasteiger partial charge in [-0.2, -0.15) is 0 Å². The summed E-state index contributed by atoms with van der Waals surface area (Å²) in [6, 6.07) is 24.1. The van der Waals surface area contributed by atoms with Gasteiger partial charge in [-0.15, -0.1) is 0 Å². The van der Waals surface area contributed by atoms with Crippen LogP contribution < -0.4 is 0 Å². The van der Waals surface area contributed by atoms with E-state index in [4.69, 9.17) is 0 Å². The molecule has 1 heterocycles. The summed E-state index contributed by atoms with van der Waals surface area (Å²) in [5.41, 5.74) is 2.23. The fourth-order valence-corrected chi connectivity index (χ4v) is 3.76. The fraction of sp³-hybridized carbons (Fsp3) is 0.120. The summed E-state index contributed by atoms with van der Waals surface area (Å²) < 4.78 is 0. The molecule has 1 unspecified atom stereocenters. The molecule has 3 aromatic carbocycles. The number of Topliss-reactive ketones (excluding diaryl/α,β-unsaturated/α-hetero) is 1. The van der Waals surface area contributed by atoms with Crippen LogP contribution in [0, 0.1) is 0 Å². The lowest BCUT2D eigenvalue weighted by Crippen LogP contribution is -2.31. The predicted molar refractivity (Wildman–Crippen MR) is 114 cm³/mol. The molecule has 30 heavy (non-hydrogen) atoms. The van der Waals surface area contributed by atoms with Gasteiger partial charge in [0, 0.05) is 12.1 Å². The van der Waals surface area contributed by atoms with Crippen LogP contribution in [-0.4, -0.2) is 33.3 Å². The molecule has 1 fully saturated rings. The second-order valence-electron chi connectivity index (χ2n) is 7.19. The maximum absolute atomic E-state index is 12.9. The van der Waals surface area contributed by atoms with Gasteiger partial charge in [0.05, 0.1) is 11.6 Å². The highest BCUT2D eigenvalue weighted by Crippen LogP contribution is 2.39. The van der Waals surface area contributed by atoms with Crippen molar-refractivity contribution < 1.29 is 19.8 Å². The number of aliphatic hydroxyl groups excluding tert-OH is 1. The van der Waals surface area contributed by atoms with E-state index in [2.05, 4.69) is 0 Å². The molecule has 5 heteroatoms. The first-order valence-corrected chi connectivity index (χ1v) is 9.73. The Kier molecular flexibility index (Phi) is 5.35. The SMILES string of the molecule is O=C1C(=O)N(CCc2ccccc2)C(c2ccc(O)cc2)/C1=C(\O)c1ccccc1. The second-order valence-corrected chi connectivity index (χ2v) is 7.19. The minimum atomic E-state index is -0.727. The Morgan fingerprint density at radius 2 is 1.43 bits per heavy atom. The summed E-state index contributed by atoms with van der Waals surface area (Å²) >= 11 is 0. The van der Waals surface area contributed by atoms with Gasteiger partial charge in [-0.25, -0.2) is 0 Å². The standard InChI is InChI=1S/C25H21NO4/c27-20-13-11-18(12-14-20)22-21(23(28)19-9-5-2-6-10-19)24(29)25(30)26(22)16-15-17-7-3-1-4-8-17/h1-14,22,27-28H,15-16H2/b23-21+. The molecule has 0 aliphatic carbocycles. The molecular weight excluding hydrogens is 378 g/mol. The average molecular weight is 399 g/mol. The van der Waals surface area contributed by atoms with Crippen LogP contribution in [-0.2, 0) is 16.0 Å². The van der Waals surface area contributed by atoms with E-state index >= 15 is 0 Å². The third-order valence-electron chi connectivity index (χ3n) is 5.28. The van der Waals surface area contributed by atoms with Crippen molar-refractivity contribution >= 4 is 17.4 Å². The molecule has 3 aromatic rings. The monoisotopic (exact) mass is 399 g/mol. The number of aromatic hydroxyl groups is 1. The molecule has 4 rings (SSSR count). The molecule has 1 saturated heterocycles. The first-order valence-electron chi connectivity index (χ1n) is 9.73. The molecule has 1 amide bonds. The predicted octanol–water partition coefficient (Wildman–Crippen LogP) is 4.06.